The van der Waals surface area contributed by atoms with Crippen LogP contribution in [0, 0.1) is 0 Å². The smallest absolute Gasteiger partial charge is 0.122 e. The van der Waals surface area contributed by atoms with E-state index in [9.17, 15) is 0 Å². The van der Waals surface area contributed by atoms with Gasteiger partial charge in [0, 0.05) is 6.54 Å². The van der Waals surface area contributed by atoms with E-state index in [2.05, 4.69) is 24.4 Å². The van der Waals surface area contributed by atoms with Gasteiger partial charge in [0.15, 0.2) is 0 Å². The lowest BCUT2D eigenvalue weighted by Crippen LogP contribution is -2.14. The van der Waals surface area contributed by atoms with Crippen LogP contribution in [0.5, 0.6) is 11.5 Å². The summed E-state index contributed by atoms with van der Waals surface area (Å²) in [7, 11) is 0. The average Bonchev–Trinajstić information content (AvgIpc) is 2.57. The van der Waals surface area contributed by atoms with Crippen LogP contribution in [-0.4, -0.2) is 19.8 Å². The highest BCUT2D eigenvalue weighted by atomic mass is 16.5. The van der Waals surface area contributed by atoms with E-state index in [1.165, 1.54) is 18.4 Å². The summed E-state index contributed by atoms with van der Waals surface area (Å²) >= 11 is 0. The highest BCUT2D eigenvalue weighted by molar-refractivity contribution is 5.28. The predicted molar refractivity (Wildman–Crippen MR) is 90.5 cm³/mol. The van der Waals surface area contributed by atoms with Gasteiger partial charge < -0.3 is 14.8 Å². The molecule has 0 radical (unpaired) electrons. The zero-order chi connectivity index (χ0) is 15.5. The lowest BCUT2D eigenvalue weighted by molar-refractivity contribution is 0.217. The van der Waals surface area contributed by atoms with E-state index in [-0.39, 0.29) is 0 Å². The van der Waals surface area contributed by atoms with E-state index in [1.807, 2.05) is 42.5 Å². The molecule has 0 saturated heterocycles. The Balaban J connectivity index is 1.69. The number of rotatable bonds is 10. The molecule has 2 rings (SSSR count). The van der Waals surface area contributed by atoms with Gasteiger partial charge in [0.2, 0.25) is 0 Å². The lowest BCUT2D eigenvalue weighted by atomic mass is 10.2. The molecule has 3 heteroatoms. The van der Waals surface area contributed by atoms with Gasteiger partial charge in [0.1, 0.15) is 24.7 Å². The summed E-state index contributed by atoms with van der Waals surface area (Å²) in [5, 5.41) is 3.44. The summed E-state index contributed by atoms with van der Waals surface area (Å²) in [5.74, 6) is 1.77. The first-order chi connectivity index (χ1) is 10.9. The highest BCUT2D eigenvalue weighted by Crippen LogP contribution is 2.13. The fraction of sp³-hybridized carbons (Fsp3) is 0.368. The molecule has 22 heavy (non-hydrogen) atoms. The summed E-state index contributed by atoms with van der Waals surface area (Å²) in [6.45, 7) is 5.24. The largest absolute Gasteiger partial charge is 0.490 e. The quantitative estimate of drug-likeness (QED) is 0.672. The molecular weight excluding hydrogens is 274 g/mol. The van der Waals surface area contributed by atoms with Crippen molar-refractivity contribution in [3.8, 4) is 11.5 Å². The van der Waals surface area contributed by atoms with Crippen molar-refractivity contribution in [2.24, 2.45) is 0 Å². The molecule has 0 unspecified atom stereocenters. The predicted octanol–water partition coefficient (Wildman–Crippen LogP) is 4.03. The Labute approximate surface area is 133 Å². The van der Waals surface area contributed by atoms with Gasteiger partial charge in [-0.2, -0.15) is 0 Å². The molecule has 0 amide bonds. The molecule has 0 aliphatic heterocycles. The number of benzene rings is 2. The standard InChI is InChI=1S/C19H25NO2/c1-2-3-12-20-16-17-8-7-11-19(15-17)22-14-13-21-18-9-5-4-6-10-18/h4-11,15,20H,2-3,12-14,16H2,1H3. The summed E-state index contributed by atoms with van der Waals surface area (Å²) in [5.41, 5.74) is 1.25. The highest BCUT2D eigenvalue weighted by Gasteiger charge is 1.98. The molecule has 0 aromatic heterocycles. The minimum absolute atomic E-state index is 0.543. The van der Waals surface area contributed by atoms with Gasteiger partial charge in [0.25, 0.3) is 0 Å². The lowest BCUT2D eigenvalue weighted by Gasteiger charge is -2.10. The third-order valence-corrected chi connectivity index (χ3v) is 3.30. The van der Waals surface area contributed by atoms with Crippen LogP contribution in [0.4, 0.5) is 0 Å². The molecular formula is C19H25NO2. The molecule has 1 N–H and O–H groups in total. The topological polar surface area (TPSA) is 30.5 Å². The number of hydrogen-bond acceptors (Lipinski definition) is 3. The van der Waals surface area contributed by atoms with Crippen LogP contribution in [0.15, 0.2) is 54.6 Å². The molecule has 0 bridgehead atoms. The monoisotopic (exact) mass is 299 g/mol. The maximum atomic E-state index is 5.74. The van der Waals surface area contributed by atoms with Gasteiger partial charge in [-0.05, 0) is 42.8 Å². The molecule has 2 aromatic carbocycles. The van der Waals surface area contributed by atoms with E-state index in [0.717, 1.165) is 24.6 Å². The molecule has 2 aromatic rings. The summed E-state index contributed by atoms with van der Waals surface area (Å²) in [6, 6.07) is 18.0. The number of hydrogen-bond donors (Lipinski definition) is 1. The minimum atomic E-state index is 0.543. The summed E-state index contributed by atoms with van der Waals surface area (Å²) in [4.78, 5) is 0. The van der Waals surface area contributed by atoms with Crippen molar-refractivity contribution in [2.45, 2.75) is 26.3 Å². The molecule has 0 spiro atoms. The number of unbranched alkanes of at least 4 members (excludes halogenated alkanes) is 1. The normalized spacial score (nSPS) is 10.4. The van der Waals surface area contributed by atoms with E-state index in [0.29, 0.717) is 13.2 Å². The van der Waals surface area contributed by atoms with Gasteiger partial charge >= 0.3 is 0 Å². The van der Waals surface area contributed by atoms with Crippen LogP contribution in [0.3, 0.4) is 0 Å². The zero-order valence-corrected chi connectivity index (χ0v) is 13.3. The van der Waals surface area contributed by atoms with E-state index >= 15 is 0 Å². The van der Waals surface area contributed by atoms with Crippen molar-refractivity contribution in [2.75, 3.05) is 19.8 Å². The first-order valence-electron chi connectivity index (χ1n) is 7.99. The molecule has 3 nitrogen and oxygen atoms in total. The Hall–Kier alpha value is -2.00. The van der Waals surface area contributed by atoms with Crippen molar-refractivity contribution >= 4 is 0 Å². The second kappa shape index (κ2) is 9.85. The molecule has 0 heterocycles. The first-order valence-corrected chi connectivity index (χ1v) is 7.99. The van der Waals surface area contributed by atoms with Crippen molar-refractivity contribution in [3.05, 3.63) is 60.2 Å². The Morgan fingerprint density at radius 3 is 2.36 bits per heavy atom. The maximum Gasteiger partial charge on any atom is 0.122 e. The van der Waals surface area contributed by atoms with E-state index < -0.39 is 0 Å². The van der Waals surface area contributed by atoms with Gasteiger partial charge in [-0.25, -0.2) is 0 Å². The fourth-order valence-corrected chi connectivity index (χ4v) is 2.12. The van der Waals surface area contributed by atoms with Crippen molar-refractivity contribution in [1.82, 2.24) is 5.32 Å². The number of nitrogens with one attached hydrogen (secondary N) is 1. The Morgan fingerprint density at radius 2 is 1.59 bits per heavy atom. The second-order valence-corrected chi connectivity index (χ2v) is 5.19. The van der Waals surface area contributed by atoms with Crippen molar-refractivity contribution in [3.63, 3.8) is 0 Å². The maximum absolute atomic E-state index is 5.74. The van der Waals surface area contributed by atoms with Crippen LogP contribution in [0.1, 0.15) is 25.3 Å². The van der Waals surface area contributed by atoms with Crippen LogP contribution in [0.2, 0.25) is 0 Å². The fourth-order valence-electron chi connectivity index (χ4n) is 2.12. The van der Waals surface area contributed by atoms with Gasteiger partial charge in [-0.3, -0.25) is 0 Å². The number of ether oxygens (including phenoxy) is 2. The van der Waals surface area contributed by atoms with Crippen molar-refractivity contribution < 1.29 is 9.47 Å². The molecule has 118 valence electrons. The van der Waals surface area contributed by atoms with Crippen LogP contribution < -0.4 is 14.8 Å². The summed E-state index contributed by atoms with van der Waals surface area (Å²) in [6.07, 6.45) is 2.44. The molecule has 0 fully saturated rings. The number of para-hydroxylation sites is 1. The van der Waals surface area contributed by atoms with Gasteiger partial charge in [0.05, 0.1) is 0 Å². The molecule has 0 aliphatic carbocycles. The first kappa shape index (κ1) is 16.4. The second-order valence-electron chi connectivity index (χ2n) is 5.19. The molecule has 0 aliphatic rings. The van der Waals surface area contributed by atoms with Gasteiger partial charge in [-0.15, -0.1) is 0 Å². The third kappa shape index (κ3) is 6.19. The van der Waals surface area contributed by atoms with Gasteiger partial charge in [-0.1, -0.05) is 43.7 Å². The average molecular weight is 299 g/mol. The Morgan fingerprint density at radius 1 is 0.864 bits per heavy atom. The zero-order valence-electron chi connectivity index (χ0n) is 13.3. The Bertz CT molecular complexity index is 528. The minimum Gasteiger partial charge on any atom is -0.490 e. The van der Waals surface area contributed by atoms with Crippen LogP contribution in [-0.2, 0) is 6.54 Å². The SMILES string of the molecule is CCCCNCc1cccc(OCCOc2ccccc2)c1. The summed E-state index contributed by atoms with van der Waals surface area (Å²) < 4.78 is 11.4. The molecule has 0 saturated carbocycles. The van der Waals surface area contributed by atoms with Crippen LogP contribution in [0.25, 0.3) is 0 Å². The van der Waals surface area contributed by atoms with E-state index in [1.54, 1.807) is 0 Å². The van der Waals surface area contributed by atoms with Crippen molar-refractivity contribution in [1.29, 1.82) is 0 Å². The van der Waals surface area contributed by atoms with Crippen LogP contribution >= 0.6 is 0 Å². The Kier molecular flexibility index (Phi) is 7.33. The molecule has 0 atom stereocenters. The van der Waals surface area contributed by atoms with E-state index in [4.69, 9.17) is 9.47 Å². The third-order valence-electron chi connectivity index (χ3n) is 3.30.